The number of nitrogens with one attached hydrogen (secondary N) is 1. The molecule has 0 spiro atoms. The highest BCUT2D eigenvalue weighted by Crippen LogP contribution is 2.18. The van der Waals surface area contributed by atoms with Crippen LogP contribution >= 0.6 is 0 Å². The Morgan fingerprint density at radius 2 is 0.644 bits per heavy atom. The quantitative estimate of drug-likeness (QED) is 0.0320. The van der Waals surface area contributed by atoms with Gasteiger partial charge in [0.2, 0.25) is 5.91 Å². The maximum atomic E-state index is 12.5. The third-order valence-electron chi connectivity index (χ3n) is 15.5. The molecule has 0 rings (SSSR count). The molecule has 3 N–H and O–H groups in total. The van der Waals surface area contributed by atoms with Crippen molar-refractivity contribution in [3.05, 3.63) is 24.3 Å². The molecule has 1 amide bonds. The number of aliphatic hydroxyl groups excluding tert-OH is 2. The van der Waals surface area contributed by atoms with Crippen molar-refractivity contribution in [2.45, 2.75) is 379 Å². The lowest BCUT2D eigenvalue weighted by Crippen LogP contribution is -2.45. The Kier molecular flexibility index (Phi) is 61.4. The van der Waals surface area contributed by atoms with Crippen LogP contribution in [0.15, 0.2) is 24.3 Å². The first-order chi connectivity index (χ1) is 36.0. The highest BCUT2D eigenvalue weighted by molar-refractivity contribution is 5.76. The number of unbranched alkanes of at least 4 members (excludes halogenated alkanes) is 47. The fourth-order valence-corrected chi connectivity index (χ4v) is 10.4. The monoisotopic (exact) mass is 1030 g/mol. The average Bonchev–Trinajstić information content (AvgIpc) is 3.39. The van der Waals surface area contributed by atoms with Crippen molar-refractivity contribution in [3.8, 4) is 0 Å². The van der Waals surface area contributed by atoms with Crippen molar-refractivity contribution < 1.29 is 24.5 Å². The van der Waals surface area contributed by atoms with Gasteiger partial charge in [0.05, 0.1) is 25.4 Å². The number of carbonyl (C=O) groups is 2. The van der Waals surface area contributed by atoms with Gasteiger partial charge in [0, 0.05) is 12.8 Å². The summed E-state index contributed by atoms with van der Waals surface area (Å²) in [5.74, 6) is -0.0315. The molecule has 0 heterocycles. The van der Waals surface area contributed by atoms with E-state index in [1.807, 2.05) is 0 Å². The zero-order valence-corrected chi connectivity index (χ0v) is 49.4. The van der Waals surface area contributed by atoms with Gasteiger partial charge in [0.1, 0.15) is 0 Å². The summed E-state index contributed by atoms with van der Waals surface area (Å²) in [6.45, 7) is 4.97. The van der Waals surface area contributed by atoms with E-state index >= 15 is 0 Å². The van der Waals surface area contributed by atoms with Crippen LogP contribution in [0.1, 0.15) is 367 Å². The van der Waals surface area contributed by atoms with Crippen molar-refractivity contribution in [3.63, 3.8) is 0 Å². The van der Waals surface area contributed by atoms with Gasteiger partial charge in [-0.05, 0) is 77.0 Å². The molecule has 0 saturated heterocycles. The Labute approximate surface area is 456 Å². The fraction of sp³-hybridized carbons (Fsp3) is 0.910. The first-order valence-corrected chi connectivity index (χ1v) is 33.1. The van der Waals surface area contributed by atoms with Crippen LogP contribution < -0.4 is 5.32 Å². The van der Waals surface area contributed by atoms with Gasteiger partial charge < -0.3 is 20.3 Å². The van der Waals surface area contributed by atoms with Crippen molar-refractivity contribution in [2.75, 3.05) is 13.2 Å². The van der Waals surface area contributed by atoms with E-state index in [0.717, 1.165) is 44.9 Å². The molecule has 2 unspecified atom stereocenters. The average molecular weight is 1030 g/mol. The van der Waals surface area contributed by atoms with Crippen LogP contribution in [-0.4, -0.2) is 47.4 Å². The molecule has 0 aliphatic carbocycles. The normalized spacial score (nSPS) is 12.7. The van der Waals surface area contributed by atoms with E-state index in [-0.39, 0.29) is 18.5 Å². The standard InChI is InChI=1S/C67H129NO5/c1-3-5-7-9-11-13-15-17-19-28-32-35-39-43-47-51-55-59-65(70)64(63-69)68-66(71)60-56-52-48-44-40-36-33-29-26-24-22-20-21-23-25-27-30-34-38-42-46-50-54-58-62-73-67(72)61-57-53-49-45-41-37-31-18-16-14-12-10-8-6-4-2/h18,22,24,31,64-65,69-70H,3-17,19-21,23,25-30,32-63H2,1-2H3,(H,68,71)/b24-22-,31-18-. The summed E-state index contributed by atoms with van der Waals surface area (Å²) in [7, 11) is 0. The van der Waals surface area contributed by atoms with Crippen LogP contribution in [0.3, 0.4) is 0 Å². The van der Waals surface area contributed by atoms with Gasteiger partial charge in [-0.2, -0.15) is 0 Å². The predicted octanol–water partition coefficient (Wildman–Crippen LogP) is 21.0. The summed E-state index contributed by atoms with van der Waals surface area (Å²) in [6.07, 6.45) is 77.7. The summed E-state index contributed by atoms with van der Waals surface area (Å²) in [4.78, 5) is 24.6. The van der Waals surface area contributed by atoms with Crippen LogP contribution in [-0.2, 0) is 14.3 Å². The van der Waals surface area contributed by atoms with Crippen molar-refractivity contribution in [1.29, 1.82) is 0 Å². The number of aliphatic hydroxyl groups is 2. The number of rotatable bonds is 62. The van der Waals surface area contributed by atoms with Gasteiger partial charge in [0.15, 0.2) is 0 Å². The molecule has 432 valence electrons. The van der Waals surface area contributed by atoms with E-state index in [9.17, 15) is 19.8 Å². The lowest BCUT2D eigenvalue weighted by molar-refractivity contribution is -0.143. The Morgan fingerprint density at radius 1 is 0.370 bits per heavy atom. The van der Waals surface area contributed by atoms with Gasteiger partial charge in [-0.3, -0.25) is 9.59 Å². The predicted molar refractivity (Wildman–Crippen MR) is 320 cm³/mol. The molecule has 73 heavy (non-hydrogen) atoms. The van der Waals surface area contributed by atoms with Gasteiger partial charge in [-0.15, -0.1) is 0 Å². The number of esters is 1. The molecular formula is C67H129NO5. The molecular weight excluding hydrogens is 899 g/mol. The number of carbonyl (C=O) groups excluding carboxylic acids is 2. The van der Waals surface area contributed by atoms with E-state index in [0.29, 0.717) is 25.9 Å². The molecule has 6 heteroatoms. The minimum atomic E-state index is -0.667. The van der Waals surface area contributed by atoms with Crippen LogP contribution in [0.5, 0.6) is 0 Å². The van der Waals surface area contributed by atoms with Crippen molar-refractivity contribution >= 4 is 11.9 Å². The fourth-order valence-electron chi connectivity index (χ4n) is 10.4. The van der Waals surface area contributed by atoms with Crippen molar-refractivity contribution in [1.82, 2.24) is 5.32 Å². The lowest BCUT2D eigenvalue weighted by atomic mass is 10.0. The minimum Gasteiger partial charge on any atom is -0.466 e. The molecule has 2 atom stereocenters. The Morgan fingerprint density at radius 3 is 0.973 bits per heavy atom. The van der Waals surface area contributed by atoms with Gasteiger partial charge >= 0.3 is 5.97 Å². The summed E-state index contributed by atoms with van der Waals surface area (Å²) in [5.41, 5.74) is 0. The lowest BCUT2D eigenvalue weighted by Gasteiger charge is -2.22. The number of amides is 1. The van der Waals surface area contributed by atoms with Crippen LogP contribution in [0.2, 0.25) is 0 Å². The Balaban J connectivity index is 3.40. The Hall–Kier alpha value is -1.66. The topological polar surface area (TPSA) is 95.9 Å². The second kappa shape index (κ2) is 62.9. The molecule has 0 aromatic rings. The number of hydrogen-bond acceptors (Lipinski definition) is 5. The van der Waals surface area contributed by atoms with Crippen LogP contribution in [0.25, 0.3) is 0 Å². The zero-order valence-electron chi connectivity index (χ0n) is 49.4. The summed E-state index contributed by atoms with van der Waals surface area (Å²) in [6, 6.07) is -0.545. The molecule has 0 aromatic carbocycles. The molecule has 0 saturated carbocycles. The van der Waals surface area contributed by atoms with E-state index in [1.165, 1.54) is 289 Å². The molecule has 6 nitrogen and oxygen atoms in total. The van der Waals surface area contributed by atoms with E-state index in [2.05, 4.69) is 43.5 Å². The van der Waals surface area contributed by atoms with Crippen LogP contribution in [0, 0.1) is 0 Å². The maximum Gasteiger partial charge on any atom is 0.305 e. The third kappa shape index (κ3) is 59.4. The minimum absolute atomic E-state index is 0.00519. The van der Waals surface area contributed by atoms with Crippen molar-refractivity contribution in [2.24, 2.45) is 0 Å². The largest absolute Gasteiger partial charge is 0.466 e. The second-order valence-corrected chi connectivity index (χ2v) is 22.8. The molecule has 0 aliphatic heterocycles. The van der Waals surface area contributed by atoms with E-state index in [4.69, 9.17) is 4.74 Å². The number of hydrogen-bond donors (Lipinski definition) is 3. The summed E-state index contributed by atoms with van der Waals surface area (Å²) in [5, 5.41) is 23.3. The SMILES string of the molecule is CCCCCCCC/C=C\CCCCCCCC(=O)OCCCCCCCCCCCCCC/C=C\CCCCCCCCCCC(=O)NC(CO)C(O)CCCCCCCCCCCCCCCCCCC. The first kappa shape index (κ1) is 71.3. The molecule has 0 fully saturated rings. The molecule has 0 aliphatic rings. The number of ether oxygens (including phenoxy) is 1. The van der Waals surface area contributed by atoms with E-state index < -0.39 is 12.1 Å². The van der Waals surface area contributed by atoms with Gasteiger partial charge in [0.25, 0.3) is 0 Å². The maximum absolute atomic E-state index is 12.5. The molecule has 0 radical (unpaired) electrons. The molecule has 0 aromatic heterocycles. The summed E-state index contributed by atoms with van der Waals surface area (Å²) >= 11 is 0. The highest BCUT2D eigenvalue weighted by Gasteiger charge is 2.20. The smallest absolute Gasteiger partial charge is 0.305 e. The van der Waals surface area contributed by atoms with Gasteiger partial charge in [-0.25, -0.2) is 0 Å². The second-order valence-electron chi connectivity index (χ2n) is 22.8. The van der Waals surface area contributed by atoms with E-state index in [1.54, 1.807) is 0 Å². The van der Waals surface area contributed by atoms with Gasteiger partial charge in [-0.1, -0.05) is 301 Å². The number of allylic oxidation sites excluding steroid dienone is 4. The zero-order chi connectivity index (χ0) is 52.9. The highest BCUT2D eigenvalue weighted by atomic mass is 16.5. The Bertz CT molecular complexity index is 1140. The first-order valence-electron chi connectivity index (χ1n) is 33.1. The van der Waals surface area contributed by atoms with Crippen LogP contribution in [0.4, 0.5) is 0 Å². The molecule has 0 bridgehead atoms. The summed E-state index contributed by atoms with van der Waals surface area (Å²) < 4.78 is 5.48. The third-order valence-corrected chi connectivity index (χ3v) is 15.5.